The molecule has 1 atom stereocenters. The molecule has 0 aromatic carbocycles. The highest BCUT2D eigenvalue weighted by molar-refractivity contribution is 5.04. The van der Waals surface area contributed by atoms with E-state index in [1.807, 2.05) is 0 Å². The summed E-state index contributed by atoms with van der Waals surface area (Å²) in [5.41, 5.74) is 1.31. The second-order valence-corrected chi connectivity index (χ2v) is 2.98. The van der Waals surface area contributed by atoms with Crippen LogP contribution in [0.3, 0.4) is 0 Å². The zero-order valence-corrected chi connectivity index (χ0v) is 6.35. The van der Waals surface area contributed by atoms with Crippen LogP contribution in [0, 0.1) is 0 Å². The average molecular weight is 125 g/mol. The Bertz CT molecular complexity index is 118. The van der Waals surface area contributed by atoms with Crippen LogP contribution in [0.1, 0.15) is 19.8 Å². The summed E-state index contributed by atoms with van der Waals surface area (Å²) in [6.07, 6.45) is 2.65. The maximum atomic E-state index is 3.95. The van der Waals surface area contributed by atoms with Crippen molar-refractivity contribution in [1.82, 2.24) is 4.90 Å². The number of rotatable bonds is 1. The van der Waals surface area contributed by atoms with Crippen LogP contribution in [-0.4, -0.2) is 24.5 Å². The van der Waals surface area contributed by atoms with Crippen LogP contribution in [-0.2, 0) is 0 Å². The van der Waals surface area contributed by atoms with Crippen LogP contribution in [0.15, 0.2) is 12.2 Å². The molecule has 52 valence electrons. The largest absolute Gasteiger partial charge is 0.300 e. The Morgan fingerprint density at radius 1 is 1.67 bits per heavy atom. The lowest BCUT2D eigenvalue weighted by atomic mass is 10.1. The van der Waals surface area contributed by atoms with Crippen molar-refractivity contribution in [3.05, 3.63) is 12.2 Å². The van der Waals surface area contributed by atoms with Gasteiger partial charge in [-0.15, -0.1) is 0 Å². The van der Waals surface area contributed by atoms with Gasteiger partial charge in [0.1, 0.15) is 0 Å². The fourth-order valence-electron chi connectivity index (χ4n) is 1.53. The standard InChI is InChI=1S/C8H15N/c1-7(2)8-5-4-6-9(8)3/h8H,1,4-6H2,2-3H3/t8-/m1/s1. The normalized spacial score (nSPS) is 28.9. The Balaban J connectivity index is 2.49. The van der Waals surface area contributed by atoms with Gasteiger partial charge in [-0.2, -0.15) is 0 Å². The van der Waals surface area contributed by atoms with E-state index in [9.17, 15) is 0 Å². The van der Waals surface area contributed by atoms with E-state index in [0.29, 0.717) is 6.04 Å². The van der Waals surface area contributed by atoms with Gasteiger partial charge in [0.15, 0.2) is 0 Å². The summed E-state index contributed by atoms with van der Waals surface area (Å²) in [4.78, 5) is 2.38. The first-order valence-electron chi connectivity index (χ1n) is 3.57. The van der Waals surface area contributed by atoms with E-state index in [-0.39, 0.29) is 0 Å². The lowest BCUT2D eigenvalue weighted by molar-refractivity contribution is 0.345. The third kappa shape index (κ3) is 1.33. The third-order valence-electron chi connectivity index (χ3n) is 2.09. The highest BCUT2D eigenvalue weighted by atomic mass is 15.1. The van der Waals surface area contributed by atoms with E-state index in [4.69, 9.17) is 0 Å². The summed E-state index contributed by atoms with van der Waals surface area (Å²) in [6.45, 7) is 7.31. The lowest BCUT2D eigenvalue weighted by Crippen LogP contribution is -2.25. The Hall–Kier alpha value is -0.300. The van der Waals surface area contributed by atoms with E-state index >= 15 is 0 Å². The lowest BCUT2D eigenvalue weighted by Gasteiger charge is -2.18. The predicted molar refractivity (Wildman–Crippen MR) is 40.5 cm³/mol. The van der Waals surface area contributed by atoms with E-state index in [1.54, 1.807) is 0 Å². The minimum absolute atomic E-state index is 0.671. The number of hydrogen-bond donors (Lipinski definition) is 0. The molecule has 1 fully saturated rings. The molecule has 9 heavy (non-hydrogen) atoms. The zero-order chi connectivity index (χ0) is 6.85. The molecule has 1 aliphatic rings. The Morgan fingerprint density at radius 2 is 2.33 bits per heavy atom. The fourth-order valence-corrected chi connectivity index (χ4v) is 1.53. The van der Waals surface area contributed by atoms with Crippen molar-refractivity contribution in [3.8, 4) is 0 Å². The van der Waals surface area contributed by atoms with Crippen molar-refractivity contribution in [2.45, 2.75) is 25.8 Å². The maximum Gasteiger partial charge on any atom is 0.0299 e. The first kappa shape index (κ1) is 6.81. The van der Waals surface area contributed by atoms with Gasteiger partial charge >= 0.3 is 0 Å². The monoisotopic (exact) mass is 125 g/mol. The number of likely N-dealkylation sites (N-methyl/N-ethyl adjacent to an activating group) is 1. The number of nitrogens with zero attached hydrogens (tertiary/aromatic N) is 1. The van der Waals surface area contributed by atoms with E-state index < -0.39 is 0 Å². The van der Waals surface area contributed by atoms with Crippen molar-refractivity contribution in [2.24, 2.45) is 0 Å². The fraction of sp³-hybridized carbons (Fsp3) is 0.750. The molecule has 1 saturated heterocycles. The highest BCUT2D eigenvalue weighted by Crippen LogP contribution is 2.19. The second-order valence-electron chi connectivity index (χ2n) is 2.98. The summed E-state index contributed by atoms with van der Waals surface area (Å²) in [5, 5.41) is 0. The van der Waals surface area contributed by atoms with Crippen LogP contribution in [0.4, 0.5) is 0 Å². The molecular formula is C8H15N. The van der Waals surface area contributed by atoms with Crippen molar-refractivity contribution < 1.29 is 0 Å². The smallest absolute Gasteiger partial charge is 0.0299 e. The van der Waals surface area contributed by atoms with Gasteiger partial charge in [0.2, 0.25) is 0 Å². The SMILES string of the molecule is C=C(C)[C@H]1CCCN1C. The quantitative estimate of drug-likeness (QED) is 0.482. The molecule has 1 heteroatoms. The third-order valence-corrected chi connectivity index (χ3v) is 2.09. The van der Waals surface area contributed by atoms with Crippen molar-refractivity contribution in [3.63, 3.8) is 0 Å². The molecule has 0 aromatic rings. The molecule has 1 rings (SSSR count). The van der Waals surface area contributed by atoms with Gasteiger partial charge in [-0.05, 0) is 33.4 Å². The summed E-state index contributed by atoms with van der Waals surface area (Å²) in [5.74, 6) is 0. The average Bonchev–Trinajstić information content (AvgIpc) is 2.13. The molecule has 0 aromatic heterocycles. The molecule has 0 saturated carbocycles. The van der Waals surface area contributed by atoms with E-state index in [1.165, 1.54) is 25.0 Å². The van der Waals surface area contributed by atoms with Crippen LogP contribution >= 0.6 is 0 Å². The van der Waals surface area contributed by atoms with Gasteiger partial charge in [-0.25, -0.2) is 0 Å². The molecule has 0 radical (unpaired) electrons. The van der Waals surface area contributed by atoms with Crippen molar-refractivity contribution in [1.29, 1.82) is 0 Å². The zero-order valence-electron chi connectivity index (χ0n) is 6.35. The summed E-state index contributed by atoms with van der Waals surface area (Å²) < 4.78 is 0. The maximum absolute atomic E-state index is 3.95. The summed E-state index contributed by atoms with van der Waals surface area (Å²) in [6, 6.07) is 0.671. The molecule has 0 bridgehead atoms. The van der Waals surface area contributed by atoms with Gasteiger partial charge < -0.3 is 0 Å². The van der Waals surface area contributed by atoms with Crippen LogP contribution in [0.25, 0.3) is 0 Å². The topological polar surface area (TPSA) is 3.24 Å². The van der Waals surface area contributed by atoms with Crippen LogP contribution in [0.5, 0.6) is 0 Å². The van der Waals surface area contributed by atoms with Gasteiger partial charge in [0.25, 0.3) is 0 Å². The molecule has 1 nitrogen and oxygen atoms in total. The van der Waals surface area contributed by atoms with Gasteiger partial charge in [0.05, 0.1) is 0 Å². The van der Waals surface area contributed by atoms with Gasteiger partial charge in [-0.3, -0.25) is 4.90 Å². The number of hydrogen-bond acceptors (Lipinski definition) is 1. The first-order valence-corrected chi connectivity index (χ1v) is 3.57. The molecule has 0 amide bonds. The predicted octanol–water partition coefficient (Wildman–Crippen LogP) is 1.66. The molecule has 0 unspecified atom stereocenters. The summed E-state index contributed by atoms with van der Waals surface area (Å²) >= 11 is 0. The summed E-state index contributed by atoms with van der Waals surface area (Å²) in [7, 11) is 2.17. The molecular weight excluding hydrogens is 110 g/mol. The second kappa shape index (κ2) is 2.53. The van der Waals surface area contributed by atoms with E-state index in [0.717, 1.165) is 0 Å². The van der Waals surface area contributed by atoms with Crippen LogP contribution < -0.4 is 0 Å². The Labute approximate surface area is 57.4 Å². The van der Waals surface area contributed by atoms with Crippen molar-refractivity contribution >= 4 is 0 Å². The molecule has 0 spiro atoms. The molecule has 0 aliphatic carbocycles. The van der Waals surface area contributed by atoms with E-state index in [2.05, 4.69) is 25.5 Å². The molecule has 1 aliphatic heterocycles. The Morgan fingerprint density at radius 3 is 2.56 bits per heavy atom. The Kier molecular flexibility index (Phi) is 1.91. The molecule has 0 N–H and O–H groups in total. The van der Waals surface area contributed by atoms with Gasteiger partial charge in [0, 0.05) is 6.04 Å². The van der Waals surface area contributed by atoms with Gasteiger partial charge in [-0.1, -0.05) is 12.2 Å². The first-order chi connectivity index (χ1) is 4.22. The molecule has 1 heterocycles. The van der Waals surface area contributed by atoms with Crippen molar-refractivity contribution in [2.75, 3.05) is 13.6 Å². The minimum atomic E-state index is 0.671. The number of likely N-dealkylation sites (tertiary alicyclic amines) is 1. The van der Waals surface area contributed by atoms with Crippen LogP contribution in [0.2, 0.25) is 0 Å². The highest BCUT2D eigenvalue weighted by Gasteiger charge is 2.20. The minimum Gasteiger partial charge on any atom is -0.300 e.